The number of nitrogens with zero attached hydrogens (tertiary/aromatic N) is 2. The average Bonchev–Trinajstić information content (AvgIpc) is 3.06. The molecular weight excluding hydrogens is 559 g/mol. The van der Waals surface area contributed by atoms with E-state index in [1.54, 1.807) is 42.5 Å². The van der Waals surface area contributed by atoms with Crippen LogP contribution in [0.1, 0.15) is 23.6 Å². The van der Waals surface area contributed by atoms with Gasteiger partial charge in [-0.25, -0.2) is 4.79 Å². The van der Waals surface area contributed by atoms with Crippen LogP contribution in [0.5, 0.6) is 11.5 Å². The van der Waals surface area contributed by atoms with Gasteiger partial charge >= 0.3 is 5.97 Å². The van der Waals surface area contributed by atoms with Gasteiger partial charge in [-0.2, -0.15) is 5.26 Å². The Kier molecular flexibility index (Phi) is 8.35. The van der Waals surface area contributed by atoms with E-state index in [9.17, 15) is 19.6 Å². The molecule has 3 rings (SSSR count). The summed E-state index contributed by atoms with van der Waals surface area (Å²) in [7, 11) is 1.27. The Morgan fingerprint density at radius 1 is 1.24 bits per heavy atom. The summed E-state index contributed by atoms with van der Waals surface area (Å²) in [6.45, 7) is 1.93. The van der Waals surface area contributed by atoms with Crippen molar-refractivity contribution < 1.29 is 28.6 Å². The van der Waals surface area contributed by atoms with Crippen molar-refractivity contribution in [3.8, 4) is 17.6 Å². The minimum absolute atomic E-state index is 0.0216. The quantitative estimate of drug-likeness (QED) is 0.259. The van der Waals surface area contributed by atoms with Crippen LogP contribution in [0.4, 0.5) is 4.79 Å². The van der Waals surface area contributed by atoms with Crippen LogP contribution in [0, 0.1) is 14.9 Å². The Hall–Kier alpha value is -3.04. The average molecular weight is 578 g/mol. The Labute approximate surface area is 208 Å². The van der Waals surface area contributed by atoms with Gasteiger partial charge in [0, 0.05) is 0 Å². The van der Waals surface area contributed by atoms with Gasteiger partial charge in [-0.1, -0.05) is 18.2 Å². The maximum atomic E-state index is 12.9. The normalized spacial score (nSPS) is 14.4. The molecule has 10 heteroatoms. The highest BCUT2D eigenvalue weighted by Crippen LogP contribution is 2.38. The molecular formula is C23H19IN2O6S. The first kappa shape index (κ1) is 24.6. The van der Waals surface area contributed by atoms with Crippen LogP contribution in [0.3, 0.4) is 0 Å². The lowest BCUT2D eigenvalue weighted by molar-refractivity contribution is -0.143. The lowest BCUT2D eigenvalue weighted by Gasteiger charge is -2.14. The molecule has 0 aromatic heterocycles. The highest BCUT2D eigenvalue weighted by atomic mass is 127. The second-order valence-corrected chi connectivity index (χ2v) is 8.82. The van der Waals surface area contributed by atoms with Gasteiger partial charge in [0.1, 0.15) is 0 Å². The van der Waals surface area contributed by atoms with Gasteiger partial charge in [0.25, 0.3) is 11.1 Å². The molecule has 170 valence electrons. The van der Waals surface area contributed by atoms with Crippen LogP contribution < -0.4 is 9.47 Å². The Bertz CT molecular complexity index is 1170. The molecule has 0 spiro atoms. The molecule has 1 saturated heterocycles. The standard InChI is InChI=1S/C23H19IN2O6S/c1-3-31-18-9-14(8-17(24)21(18)32-13-20(27)30-2)10-19-22(28)26(23(29)33-19)12-16-7-5-4-6-15(16)11-25/h4-10H,3,12-13H2,1-2H3/b19-10+. The van der Waals surface area contributed by atoms with E-state index in [0.717, 1.165) is 16.7 Å². The Balaban J connectivity index is 1.86. The molecule has 1 fully saturated rings. The molecule has 2 aromatic carbocycles. The first-order valence-corrected chi connectivity index (χ1v) is 11.7. The van der Waals surface area contributed by atoms with Crippen molar-refractivity contribution >= 4 is 57.5 Å². The van der Waals surface area contributed by atoms with Crippen LogP contribution >= 0.6 is 34.4 Å². The minimum Gasteiger partial charge on any atom is -0.490 e. The summed E-state index contributed by atoms with van der Waals surface area (Å²) in [5.74, 6) is -0.163. The monoisotopic (exact) mass is 578 g/mol. The van der Waals surface area contributed by atoms with Gasteiger partial charge in [-0.15, -0.1) is 0 Å². The molecule has 1 heterocycles. The number of carbonyl (C=O) groups is 3. The number of rotatable bonds is 8. The fraction of sp³-hybridized carbons (Fsp3) is 0.217. The second kappa shape index (κ2) is 11.2. The van der Waals surface area contributed by atoms with E-state index in [0.29, 0.717) is 38.4 Å². The zero-order valence-corrected chi connectivity index (χ0v) is 20.8. The van der Waals surface area contributed by atoms with E-state index in [4.69, 9.17) is 9.47 Å². The van der Waals surface area contributed by atoms with Gasteiger partial charge in [0.05, 0.1) is 40.4 Å². The van der Waals surface area contributed by atoms with Crippen molar-refractivity contribution in [3.05, 3.63) is 61.6 Å². The third-order valence-corrected chi connectivity index (χ3v) is 6.24. The van der Waals surface area contributed by atoms with E-state index in [2.05, 4.69) is 10.8 Å². The van der Waals surface area contributed by atoms with Crippen molar-refractivity contribution in [1.82, 2.24) is 4.90 Å². The molecule has 2 amide bonds. The summed E-state index contributed by atoms with van der Waals surface area (Å²) in [6.07, 6.45) is 1.61. The summed E-state index contributed by atoms with van der Waals surface area (Å²) in [5.41, 5.74) is 1.65. The number of carbonyl (C=O) groups excluding carboxylic acids is 3. The molecule has 1 aliphatic heterocycles. The van der Waals surface area contributed by atoms with Gasteiger partial charge in [0.15, 0.2) is 18.1 Å². The van der Waals surface area contributed by atoms with E-state index < -0.39 is 17.1 Å². The maximum absolute atomic E-state index is 12.9. The number of benzene rings is 2. The van der Waals surface area contributed by atoms with Crippen LogP contribution in [0.25, 0.3) is 6.08 Å². The number of hydrogen-bond acceptors (Lipinski definition) is 8. The summed E-state index contributed by atoms with van der Waals surface area (Å²) >= 11 is 2.88. The predicted molar refractivity (Wildman–Crippen MR) is 131 cm³/mol. The van der Waals surface area contributed by atoms with Crippen molar-refractivity contribution in [1.29, 1.82) is 5.26 Å². The molecule has 0 unspecified atom stereocenters. The first-order chi connectivity index (χ1) is 15.9. The topological polar surface area (TPSA) is 106 Å². The zero-order chi connectivity index (χ0) is 24.0. The smallest absolute Gasteiger partial charge is 0.343 e. The molecule has 0 bridgehead atoms. The van der Waals surface area contributed by atoms with E-state index >= 15 is 0 Å². The van der Waals surface area contributed by atoms with Gasteiger partial charge in [0.2, 0.25) is 0 Å². The fourth-order valence-electron chi connectivity index (χ4n) is 2.99. The number of imide groups is 1. The van der Waals surface area contributed by atoms with Gasteiger partial charge in [-0.3, -0.25) is 14.5 Å². The molecule has 1 aliphatic rings. The summed E-state index contributed by atoms with van der Waals surface area (Å²) in [6, 6.07) is 12.4. The Morgan fingerprint density at radius 3 is 2.70 bits per heavy atom. The lowest BCUT2D eigenvalue weighted by atomic mass is 10.1. The van der Waals surface area contributed by atoms with Crippen LogP contribution in [0.2, 0.25) is 0 Å². The highest BCUT2D eigenvalue weighted by Gasteiger charge is 2.35. The molecule has 2 aromatic rings. The third-order valence-electron chi connectivity index (χ3n) is 4.53. The van der Waals surface area contributed by atoms with Crippen molar-refractivity contribution in [3.63, 3.8) is 0 Å². The summed E-state index contributed by atoms with van der Waals surface area (Å²) < 4.78 is 16.5. The molecule has 0 saturated carbocycles. The minimum atomic E-state index is -0.524. The van der Waals surface area contributed by atoms with Crippen molar-refractivity contribution in [2.75, 3.05) is 20.3 Å². The largest absolute Gasteiger partial charge is 0.490 e. The lowest BCUT2D eigenvalue weighted by Crippen LogP contribution is -2.27. The number of amides is 2. The molecule has 0 radical (unpaired) electrons. The van der Waals surface area contributed by atoms with Gasteiger partial charge < -0.3 is 14.2 Å². The molecule has 0 N–H and O–H groups in total. The van der Waals surface area contributed by atoms with Crippen molar-refractivity contribution in [2.45, 2.75) is 13.5 Å². The van der Waals surface area contributed by atoms with E-state index in [1.165, 1.54) is 7.11 Å². The maximum Gasteiger partial charge on any atom is 0.343 e. The molecule has 0 aliphatic carbocycles. The van der Waals surface area contributed by atoms with Crippen LogP contribution in [0.15, 0.2) is 41.3 Å². The SMILES string of the molecule is CCOc1cc(/C=C2/SC(=O)N(Cc3ccccc3C#N)C2=O)cc(I)c1OCC(=O)OC. The zero-order valence-electron chi connectivity index (χ0n) is 17.8. The Morgan fingerprint density at radius 2 is 2.00 bits per heavy atom. The molecule has 33 heavy (non-hydrogen) atoms. The molecule has 8 nitrogen and oxygen atoms in total. The number of esters is 1. The van der Waals surface area contributed by atoms with Crippen molar-refractivity contribution in [2.24, 2.45) is 0 Å². The number of nitriles is 1. The van der Waals surface area contributed by atoms with E-state index in [-0.39, 0.29) is 18.1 Å². The predicted octanol–water partition coefficient (Wildman–Crippen LogP) is 4.35. The first-order valence-electron chi connectivity index (χ1n) is 9.77. The number of hydrogen-bond donors (Lipinski definition) is 0. The van der Waals surface area contributed by atoms with Crippen LogP contribution in [-0.4, -0.2) is 42.3 Å². The fourth-order valence-corrected chi connectivity index (χ4v) is 4.61. The summed E-state index contributed by atoms with van der Waals surface area (Å²) in [5, 5.41) is 8.86. The number of halogens is 1. The highest BCUT2D eigenvalue weighted by molar-refractivity contribution is 14.1. The van der Waals surface area contributed by atoms with Gasteiger partial charge in [-0.05, 0) is 76.7 Å². The summed E-state index contributed by atoms with van der Waals surface area (Å²) in [4.78, 5) is 38.2. The number of ether oxygens (including phenoxy) is 3. The second-order valence-electron chi connectivity index (χ2n) is 6.66. The van der Waals surface area contributed by atoms with E-state index in [1.807, 2.05) is 29.5 Å². The van der Waals surface area contributed by atoms with Crippen LogP contribution in [-0.2, 0) is 20.9 Å². The number of methoxy groups -OCH3 is 1. The number of thioether (sulfide) groups is 1. The third kappa shape index (κ3) is 5.85. The molecule has 0 atom stereocenters.